The molecule has 0 radical (unpaired) electrons. The Kier molecular flexibility index (Phi) is 9.65. The highest BCUT2D eigenvalue weighted by atomic mass is 19.4. The highest BCUT2D eigenvalue weighted by Crippen LogP contribution is 2.34. The maximum Gasteiger partial charge on any atom is 0.421 e. The van der Waals surface area contributed by atoms with Gasteiger partial charge in [-0.25, -0.2) is 4.98 Å². The SMILES string of the molecule is Cc1cc(N2CCN(C)C(CC#N)C2)ccc1Nc1ncc(C(F)(F)F)c(NCCCN2CCOCCC2=O)n1. The van der Waals surface area contributed by atoms with Gasteiger partial charge in [0.25, 0.3) is 0 Å². The third kappa shape index (κ3) is 7.51. The summed E-state index contributed by atoms with van der Waals surface area (Å²) < 4.78 is 46.3. The molecule has 1 aromatic heterocycles. The monoisotopic (exact) mass is 560 g/mol. The highest BCUT2D eigenvalue weighted by Gasteiger charge is 2.35. The maximum absolute atomic E-state index is 13.7. The summed E-state index contributed by atoms with van der Waals surface area (Å²) in [6.45, 7) is 6.28. The van der Waals surface area contributed by atoms with Gasteiger partial charge in [-0.3, -0.25) is 9.69 Å². The first-order valence-electron chi connectivity index (χ1n) is 13.4. The van der Waals surface area contributed by atoms with E-state index in [2.05, 4.69) is 36.5 Å². The molecule has 216 valence electrons. The Hall–Kier alpha value is -3.63. The molecule has 1 aromatic carbocycles. The van der Waals surface area contributed by atoms with Crippen molar-refractivity contribution in [1.82, 2.24) is 19.8 Å². The minimum atomic E-state index is -4.62. The number of carbonyl (C=O) groups is 1. The standard InChI is InChI=1S/C27H35F3N8O2/c1-19-16-20(38-12-11-36(2)21(18-38)6-8-31)4-5-23(19)34-26-33-17-22(27(28,29)30)25(35-26)32-9-3-10-37-13-15-40-14-7-24(37)39/h4-5,16-17,21H,3,6-7,9-15,18H2,1-2H3,(H2,32,33,34,35). The number of nitrogens with one attached hydrogen (secondary N) is 2. The molecule has 2 aliphatic rings. The second-order valence-electron chi connectivity index (χ2n) is 10.0. The number of piperazine rings is 1. The topological polar surface area (TPSA) is 110 Å². The molecule has 2 N–H and O–H groups in total. The number of nitrogens with zero attached hydrogens (tertiary/aromatic N) is 6. The van der Waals surface area contributed by atoms with Crippen LogP contribution in [-0.4, -0.2) is 91.2 Å². The van der Waals surface area contributed by atoms with Crippen molar-refractivity contribution in [1.29, 1.82) is 5.26 Å². The minimum absolute atomic E-state index is 0.0157. The number of rotatable bonds is 9. The van der Waals surface area contributed by atoms with Crippen LogP contribution in [0.5, 0.6) is 0 Å². The smallest absolute Gasteiger partial charge is 0.379 e. The molecule has 0 bridgehead atoms. The van der Waals surface area contributed by atoms with Crippen molar-refractivity contribution in [2.75, 3.05) is 75.1 Å². The zero-order valence-corrected chi connectivity index (χ0v) is 22.8. The zero-order chi connectivity index (χ0) is 28.7. The Morgan fingerprint density at radius 2 is 2.05 bits per heavy atom. The van der Waals surface area contributed by atoms with Crippen LogP contribution >= 0.6 is 0 Å². The van der Waals surface area contributed by atoms with E-state index in [1.165, 1.54) is 0 Å². The van der Waals surface area contributed by atoms with E-state index in [1.54, 1.807) is 4.90 Å². The minimum Gasteiger partial charge on any atom is -0.379 e. The van der Waals surface area contributed by atoms with Crippen LogP contribution in [0.1, 0.15) is 30.4 Å². The Morgan fingerprint density at radius 3 is 2.80 bits per heavy atom. The van der Waals surface area contributed by atoms with Gasteiger partial charge in [-0.05, 0) is 44.2 Å². The molecule has 10 nitrogen and oxygen atoms in total. The number of likely N-dealkylation sites (N-methyl/N-ethyl adjacent to an activating group) is 1. The van der Waals surface area contributed by atoms with E-state index in [0.717, 1.165) is 37.1 Å². The molecule has 2 aliphatic heterocycles. The van der Waals surface area contributed by atoms with Crippen molar-refractivity contribution in [2.24, 2.45) is 0 Å². The number of hydrogen-bond donors (Lipinski definition) is 2. The fourth-order valence-corrected chi connectivity index (χ4v) is 4.83. The molecular weight excluding hydrogens is 525 g/mol. The summed E-state index contributed by atoms with van der Waals surface area (Å²) in [6.07, 6.45) is -2.63. The average molecular weight is 561 g/mol. The first-order valence-corrected chi connectivity index (χ1v) is 13.4. The van der Waals surface area contributed by atoms with Gasteiger partial charge in [0.1, 0.15) is 11.4 Å². The first-order chi connectivity index (χ1) is 19.2. The van der Waals surface area contributed by atoms with Crippen molar-refractivity contribution >= 4 is 29.0 Å². The molecule has 0 saturated carbocycles. The first kappa shape index (κ1) is 29.4. The molecule has 1 unspecified atom stereocenters. The van der Waals surface area contributed by atoms with Gasteiger partial charge in [0.2, 0.25) is 11.9 Å². The number of aromatic nitrogens is 2. The third-order valence-electron chi connectivity index (χ3n) is 7.24. The molecule has 1 atom stereocenters. The lowest BCUT2D eigenvalue weighted by atomic mass is 10.1. The van der Waals surface area contributed by atoms with Crippen molar-refractivity contribution in [3.8, 4) is 6.07 Å². The van der Waals surface area contributed by atoms with Crippen LogP contribution in [0.25, 0.3) is 0 Å². The summed E-state index contributed by atoms with van der Waals surface area (Å²) in [5, 5.41) is 15.0. The highest BCUT2D eigenvalue weighted by molar-refractivity contribution is 5.76. The van der Waals surface area contributed by atoms with E-state index in [1.807, 2.05) is 32.2 Å². The number of alkyl halides is 3. The van der Waals surface area contributed by atoms with Crippen molar-refractivity contribution in [2.45, 2.75) is 38.4 Å². The van der Waals surface area contributed by atoms with E-state index in [-0.39, 0.29) is 30.3 Å². The largest absolute Gasteiger partial charge is 0.421 e. The number of nitriles is 1. The summed E-state index contributed by atoms with van der Waals surface area (Å²) >= 11 is 0. The number of ether oxygens (including phenoxy) is 1. The van der Waals surface area contributed by atoms with Crippen molar-refractivity contribution in [3.63, 3.8) is 0 Å². The van der Waals surface area contributed by atoms with Crippen molar-refractivity contribution < 1.29 is 22.7 Å². The molecule has 13 heteroatoms. The number of hydrogen-bond acceptors (Lipinski definition) is 9. The van der Waals surface area contributed by atoms with Crippen LogP contribution in [0.2, 0.25) is 0 Å². The Morgan fingerprint density at radius 1 is 1.23 bits per heavy atom. The van der Waals surface area contributed by atoms with Crippen LogP contribution in [0.15, 0.2) is 24.4 Å². The average Bonchev–Trinajstić information content (AvgIpc) is 3.12. The van der Waals surface area contributed by atoms with Gasteiger partial charge in [0.05, 0.1) is 32.1 Å². The molecular formula is C27H35F3N8O2. The van der Waals surface area contributed by atoms with Crippen LogP contribution in [-0.2, 0) is 15.7 Å². The molecule has 2 saturated heterocycles. The summed E-state index contributed by atoms with van der Waals surface area (Å²) in [5.74, 6) is -0.288. The van der Waals surface area contributed by atoms with Gasteiger partial charge in [0, 0.05) is 62.9 Å². The van der Waals surface area contributed by atoms with Gasteiger partial charge in [-0.1, -0.05) is 0 Å². The maximum atomic E-state index is 13.7. The molecule has 2 fully saturated rings. The molecule has 4 rings (SSSR count). The van der Waals surface area contributed by atoms with Gasteiger partial charge in [0.15, 0.2) is 0 Å². The van der Waals surface area contributed by atoms with Crippen LogP contribution in [0, 0.1) is 18.3 Å². The quantitative estimate of drug-likeness (QED) is 0.445. The summed E-state index contributed by atoms with van der Waals surface area (Å²) in [6, 6.07) is 8.22. The fraction of sp³-hybridized carbons (Fsp3) is 0.556. The fourth-order valence-electron chi connectivity index (χ4n) is 4.83. The van der Waals surface area contributed by atoms with Crippen LogP contribution in [0.3, 0.4) is 0 Å². The summed E-state index contributed by atoms with van der Waals surface area (Å²) in [7, 11) is 2.02. The Balaban J connectivity index is 1.42. The molecule has 0 spiro atoms. The summed E-state index contributed by atoms with van der Waals surface area (Å²) in [4.78, 5) is 26.3. The van der Waals surface area contributed by atoms with Crippen LogP contribution < -0.4 is 15.5 Å². The molecule has 1 amide bonds. The lowest BCUT2D eigenvalue weighted by molar-refractivity contribution is -0.137. The molecule has 0 aliphatic carbocycles. The number of carbonyl (C=O) groups excluding carboxylic acids is 1. The number of anilines is 4. The van der Waals surface area contributed by atoms with Crippen molar-refractivity contribution in [3.05, 3.63) is 35.5 Å². The Labute approximate surface area is 232 Å². The van der Waals surface area contributed by atoms with Crippen LogP contribution in [0.4, 0.5) is 36.3 Å². The second kappa shape index (κ2) is 13.1. The molecule has 3 heterocycles. The lowest BCUT2D eigenvalue weighted by Crippen LogP contribution is -2.51. The number of aryl methyl sites for hydroxylation is 1. The number of benzene rings is 1. The summed E-state index contributed by atoms with van der Waals surface area (Å²) in [5.41, 5.74) is 1.63. The number of halogens is 3. The van der Waals surface area contributed by atoms with Gasteiger partial charge in [-0.15, -0.1) is 0 Å². The predicted octanol–water partition coefficient (Wildman–Crippen LogP) is 3.63. The third-order valence-corrected chi connectivity index (χ3v) is 7.24. The Bertz CT molecular complexity index is 1220. The number of amides is 1. The second-order valence-corrected chi connectivity index (χ2v) is 10.0. The van der Waals surface area contributed by atoms with E-state index in [9.17, 15) is 18.0 Å². The van der Waals surface area contributed by atoms with E-state index in [4.69, 9.17) is 10.00 Å². The van der Waals surface area contributed by atoms with Gasteiger partial charge >= 0.3 is 6.18 Å². The molecule has 2 aromatic rings. The van der Waals surface area contributed by atoms with E-state index >= 15 is 0 Å². The van der Waals surface area contributed by atoms with Gasteiger partial charge in [-0.2, -0.15) is 23.4 Å². The lowest BCUT2D eigenvalue weighted by Gasteiger charge is -2.40. The molecule has 40 heavy (non-hydrogen) atoms. The van der Waals surface area contributed by atoms with Gasteiger partial charge < -0.3 is 25.2 Å². The zero-order valence-electron chi connectivity index (χ0n) is 22.8. The van der Waals surface area contributed by atoms with E-state index in [0.29, 0.717) is 51.3 Å². The predicted molar refractivity (Wildman–Crippen MR) is 145 cm³/mol. The normalized spacial score (nSPS) is 18.8. The van der Waals surface area contributed by atoms with E-state index < -0.39 is 11.7 Å².